The van der Waals surface area contributed by atoms with Crippen LogP contribution in [0.2, 0.25) is 0 Å². The van der Waals surface area contributed by atoms with E-state index in [2.05, 4.69) is 21.3 Å². The van der Waals surface area contributed by atoms with Crippen LogP contribution in [0.1, 0.15) is 64.5 Å². The summed E-state index contributed by atoms with van der Waals surface area (Å²) in [5, 5.41) is 29.0. The number of carboxylic acids is 1. The topological polar surface area (TPSA) is 191 Å². The largest absolute Gasteiger partial charge is 0.508 e. The molecule has 4 amide bonds. The Kier molecular flexibility index (Phi) is 14.7. The van der Waals surface area contributed by atoms with E-state index in [1.807, 2.05) is 30.3 Å². The van der Waals surface area contributed by atoms with Crippen LogP contribution < -0.4 is 21.3 Å². The maximum absolute atomic E-state index is 13.2. The number of amides is 4. The number of aromatic hydroxyl groups is 1. The summed E-state index contributed by atoms with van der Waals surface area (Å²) in [6.45, 7) is 6.04. The van der Waals surface area contributed by atoms with Gasteiger partial charge in [0.15, 0.2) is 5.78 Å². The van der Waals surface area contributed by atoms with E-state index in [1.165, 1.54) is 26.0 Å². The minimum absolute atomic E-state index is 0.0476. The number of nitrogens with one attached hydrogen (secondary N) is 4. The first-order chi connectivity index (χ1) is 21.3. The van der Waals surface area contributed by atoms with Gasteiger partial charge in [0.25, 0.3) is 0 Å². The lowest BCUT2D eigenvalue weighted by Crippen LogP contribution is -2.58. The van der Waals surface area contributed by atoms with Crippen molar-refractivity contribution in [2.75, 3.05) is 0 Å². The van der Waals surface area contributed by atoms with E-state index in [0.29, 0.717) is 12.0 Å². The number of aryl methyl sites for hydroxylation is 1. The predicted molar refractivity (Wildman–Crippen MR) is 167 cm³/mol. The van der Waals surface area contributed by atoms with Crippen LogP contribution in [0.25, 0.3) is 0 Å². The lowest BCUT2D eigenvalue weighted by atomic mass is 10.00. The Bertz CT molecular complexity index is 1310. The van der Waals surface area contributed by atoms with Crippen molar-refractivity contribution < 1.29 is 39.0 Å². The predicted octanol–water partition coefficient (Wildman–Crippen LogP) is 2.03. The summed E-state index contributed by atoms with van der Waals surface area (Å²) in [5.74, 6) is -4.52. The molecule has 0 saturated carbocycles. The SMILES string of the molecule is CC(=O)N[C@@H](Cc1ccc(O)cc1)C(=O)N[C@H](C(=O)N[C@@H](C)C(=O)NC(CC(=O)O)C(=O)CCCCc1ccccc1)C(C)C. The highest BCUT2D eigenvalue weighted by molar-refractivity contribution is 5.96. The number of hydrogen-bond donors (Lipinski definition) is 6. The number of benzene rings is 2. The number of carbonyl (C=O) groups is 6. The standard InChI is InChI=1S/C33H44N4O8/c1-20(2)30(37-32(44)27(35-22(4)38)18-24-14-16-25(39)17-15-24)33(45)34-21(3)31(43)36-26(19-29(41)42)28(40)13-9-8-12-23-10-6-5-7-11-23/h5-7,10-11,14-17,20-21,26-27,30,39H,8-9,12-13,18-19H2,1-4H3,(H,34,45)(H,35,38)(H,36,43)(H,37,44)(H,41,42)/t21-,26?,27-,30-/m0/s1. The van der Waals surface area contributed by atoms with E-state index in [9.17, 15) is 39.0 Å². The van der Waals surface area contributed by atoms with Gasteiger partial charge in [0.1, 0.15) is 23.9 Å². The van der Waals surface area contributed by atoms with E-state index < -0.39 is 71.9 Å². The van der Waals surface area contributed by atoms with Crippen LogP contribution in [0.3, 0.4) is 0 Å². The molecule has 2 aromatic carbocycles. The summed E-state index contributed by atoms with van der Waals surface area (Å²) in [5.41, 5.74) is 1.79. The van der Waals surface area contributed by atoms with Crippen molar-refractivity contribution in [2.45, 2.75) is 90.4 Å². The van der Waals surface area contributed by atoms with Crippen molar-refractivity contribution in [1.29, 1.82) is 0 Å². The fourth-order valence-corrected chi connectivity index (χ4v) is 4.64. The molecule has 2 rings (SSSR count). The molecule has 0 bridgehead atoms. The molecular weight excluding hydrogens is 580 g/mol. The molecule has 0 aliphatic heterocycles. The Labute approximate surface area is 263 Å². The minimum Gasteiger partial charge on any atom is -0.508 e. The zero-order chi connectivity index (χ0) is 33.5. The highest BCUT2D eigenvalue weighted by atomic mass is 16.4. The fourth-order valence-electron chi connectivity index (χ4n) is 4.64. The molecule has 0 aromatic heterocycles. The number of phenols is 1. The first-order valence-electron chi connectivity index (χ1n) is 15.0. The lowest BCUT2D eigenvalue weighted by Gasteiger charge is -2.27. The molecule has 2 aromatic rings. The molecule has 0 heterocycles. The second kappa shape index (κ2) is 18.2. The van der Waals surface area contributed by atoms with Crippen molar-refractivity contribution in [3.63, 3.8) is 0 Å². The Morgan fingerprint density at radius 2 is 1.36 bits per heavy atom. The Morgan fingerprint density at radius 1 is 0.711 bits per heavy atom. The third-order valence-electron chi connectivity index (χ3n) is 7.13. The second-order valence-electron chi connectivity index (χ2n) is 11.4. The Balaban J connectivity index is 1.99. The van der Waals surface area contributed by atoms with Gasteiger partial charge in [0.05, 0.1) is 12.5 Å². The van der Waals surface area contributed by atoms with Crippen LogP contribution in [-0.2, 0) is 41.6 Å². The number of ketones is 1. The molecule has 6 N–H and O–H groups in total. The van der Waals surface area contributed by atoms with Gasteiger partial charge in [-0.1, -0.05) is 56.3 Å². The number of phenolic OH excluding ortho intramolecular Hbond substituents is 1. The molecule has 4 atom stereocenters. The summed E-state index contributed by atoms with van der Waals surface area (Å²) >= 11 is 0. The van der Waals surface area contributed by atoms with Gasteiger partial charge in [-0.25, -0.2) is 0 Å². The van der Waals surface area contributed by atoms with Crippen LogP contribution in [-0.4, -0.2) is 69.8 Å². The number of hydrogen-bond acceptors (Lipinski definition) is 7. The van der Waals surface area contributed by atoms with Crippen molar-refractivity contribution in [3.8, 4) is 5.75 Å². The van der Waals surface area contributed by atoms with E-state index >= 15 is 0 Å². The number of aliphatic carboxylic acids is 1. The van der Waals surface area contributed by atoms with Crippen molar-refractivity contribution in [1.82, 2.24) is 21.3 Å². The minimum atomic E-state index is -1.26. The number of rotatable bonds is 18. The molecule has 244 valence electrons. The zero-order valence-electron chi connectivity index (χ0n) is 26.2. The monoisotopic (exact) mass is 624 g/mol. The smallest absolute Gasteiger partial charge is 0.305 e. The average molecular weight is 625 g/mol. The molecule has 45 heavy (non-hydrogen) atoms. The normalized spacial score (nSPS) is 13.5. The van der Waals surface area contributed by atoms with Crippen molar-refractivity contribution >= 4 is 35.4 Å². The molecule has 12 heteroatoms. The van der Waals surface area contributed by atoms with Gasteiger partial charge in [-0.05, 0) is 55.4 Å². The quantitative estimate of drug-likeness (QED) is 0.136. The van der Waals surface area contributed by atoms with Crippen LogP contribution in [0.5, 0.6) is 5.75 Å². The van der Waals surface area contributed by atoms with Crippen LogP contribution in [0, 0.1) is 5.92 Å². The van der Waals surface area contributed by atoms with Gasteiger partial charge in [-0.2, -0.15) is 0 Å². The highest BCUT2D eigenvalue weighted by Crippen LogP contribution is 2.13. The number of unbranched alkanes of at least 4 members (excludes halogenated alkanes) is 1. The molecule has 0 aliphatic rings. The van der Waals surface area contributed by atoms with Gasteiger partial charge in [-0.3, -0.25) is 28.8 Å². The summed E-state index contributed by atoms with van der Waals surface area (Å²) in [6, 6.07) is 11.4. The van der Waals surface area contributed by atoms with Crippen LogP contribution in [0.4, 0.5) is 0 Å². The molecular formula is C33H44N4O8. The molecule has 0 spiro atoms. The van der Waals surface area contributed by atoms with Gasteiger partial charge in [0, 0.05) is 19.8 Å². The number of carbonyl (C=O) groups excluding carboxylic acids is 5. The summed E-state index contributed by atoms with van der Waals surface area (Å²) in [6.07, 6.45) is 1.60. The van der Waals surface area contributed by atoms with Gasteiger partial charge in [0.2, 0.25) is 23.6 Å². The van der Waals surface area contributed by atoms with E-state index in [1.54, 1.807) is 26.0 Å². The van der Waals surface area contributed by atoms with Gasteiger partial charge < -0.3 is 31.5 Å². The highest BCUT2D eigenvalue weighted by Gasteiger charge is 2.31. The summed E-state index contributed by atoms with van der Waals surface area (Å²) < 4.78 is 0. The van der Waals surface area contributed by atoms with Gasteiger partial charge >= 0.3 is 5.97 Å². The van der Waals surface area contributed by atoms with Crippen LogP contribution in [0.15, 0.2) is 54.6 Å². The molecule has 1 unspecified atom stereocenters. The molecule has 0 fully saturated rings. The Hall–Kier alpha value is -4.74. The molecule has 0 aliphatic carbocycles. The Morgan fingerprint density at radius 3 is 1.93 bits per heavy atom. The first kappa shape index (κ1) is 36.5. The summed E-state index contributed by atoms with van der Waals surface area (Å²) in [7, 11) is 0. The molecule has 12 nitrogen and oxygen atoms in total. The lowest BCUT2D eigenvalue weighted by molar-refractivity contribution is -0.140. The third-order valence-corrected chi connectivity index (χ3v) is 7.13. The first-order valence-corrected chi connectivity index (χ1v) is 15.0. The molecule has 0 saturated heterocycles. The maximum atomic E-state index is 13.2. The average Bonchev–Trinajstić information content (AvgIpc) is 2.98. The van der Waals surface area contributed by atoms with E-state index in [0.717, 1.165) is 18.4 Å². The van der Waals surface area contributed by atoms with E-state index in [4.69, 9.17) is 0 Å². The van der Waals surface area contributed by atoms with Crippen LogP contribution >= 0.6 is 0 Å². The van der Waals surface area contributed by atoms with Crippen molar-refractivity contribution in [2.24, 2.45) is 5.92 Å². The summed E-state index contributed by atoms with van der Waals surface area (Å²) in [4.78, 5) is 75.3. The second-order valence-corrected chi connectivity index (χ2v) is 11.4. The number of carboxylic acid groups (broad SMARTS) is 1. The molecule has 0 radical (unpaired) electrons. The van der Waals surface area contributed by atoms with Gasteiger partial charge in [-0.15, -0.1) is 0 Å². The fraction of sp³-hybridized carbons (Fsp3) is 0.455. The maximum Gasteiger partial charge on any atom is 0.305 e. The number of Topliss-reactive ketones (excluding diaryl/α,β-unsaturated/α-hetero) is 1. The third kappa shape index (κ3) is 13.2. The van der Waals surface area contributed by atoms with Crippen molar-refractivity contribution in [3.05, 3.63) is 65.7 Å². The zero-order valence-corrected chi connectivity index (χ0v) is 26.2. The van der Waals surface area contributed by atoms with E-state index in [-0.39, 0.29) is 18.6 Å².